The van der Waals surface area contributed by atoms with Crippen molar-refractivity contribution in [1.82, 2.24) is 9.97 Å². The van der Waals surface area contributed by atoms with Gasteiger partial charge in [-0.15, -0.1) is 0 Å². The molecule has 0 aliphatic heterocycles. The van der Waals surface area contributed by atoms with Crippen molar-refractivity contribution in [2.24, 2.45) is 0 Å². The smallest absolute Gasteiger partial charge is 0.256 e. The van der Waals surface area contributed by atoms with Crippen molar-refractivity contribution in [2.45, 2.75) is 19.8 Å². The Morgan fingerprint density at radius 2 is 2.10 bits per heavy atom. The molecule has 0 radical (unpaired) electrons. The molecule has 2 aromatic rings. The minimum absolute atomic E-state index is 0.104. The molecule has 0 aliphatic carbocycles. The minimum atomic E-state index is -0.345. The Hall–Kier alpha value is -2.94. The molecule has 0 atom stereocenters. The number of carbonyl (C=O) groups excluding carboxylic acids is 1. The number of benzene rings is 1. The molecule has 0 bridgehead atoms. The highest BCUT2D eigenvalue weighted by atomic mass is 16.1. The summed E-state index contributed by atoms with van der Waals surface area (Å²) in [5.74, 6) is -0.214. The van der Waals surface area contributed by atoms with Gasteiger partial charge in [0, 0.05) is 24.5 Å². The Morgan fingerprint density at radius 3 is 2.71 bits per heavy atom. The van der Waals surface area contributed by atoms with Crippen LogP contribution in [0.5, 0.6) is 0 Å². The van der Waals surface area contributed by atoms with Gasteiger partial charge in [0.25, 0.3) is 5.56 Å². The third-order valence-electron chi connectivity index (χ3n) is 2.84. The molecule has 6 nitrogen and oxygen atoms in total. The number of aromatic nitrogens is 2. The second-order valence-electron chi connectivity index (χ2n) is 4.45. The lowest BCUT2D eigenvalue weighted by molar-refractivity contribution is -0.114. The number of carbonyl (C=O) groups is 1. The SMILES string of the molecule is CC(=O)Nc1nc(-c2ccccc2)c(CCC#N)c(=O)[nH]1. The van der Waals surface area contributed by atoms with E-state index in [4.69, 9.17) is 5.26 Å². The van der Waals surface area contributed by atoms with Crippen molar-refractivity contribution < 1.29 is 4.79 Å². The van der Waals surface area contributed by atoms with Crippen LogP contribution in [0.3, 0.4) is 0 Å². The average Bonchev–Trinajstić information content (AvgIpc) is 2.46. The molecule has 1 amide bonds. The van der Waals surface area contributed by atoms with E-state index in [1.54, 1.807) is 0 Å². The third kappa shape index (κ3) is 3.54. The molecular formula is C15H14N4O2. The summed E-state index contributed by atoms with van der Waals surface area (Å²) in [4.78, 5) is 30.1. The van der Waals surface area contributed by atoms with E-state index in [2.05, 4.69) is 15.3 Å². The third-order valence-corrected chi connectivity index (χ3v) is 2.84. The number of anilines is 1. The molecule has 0 spiro atoms. The van der Waals surface area contributed by atoms with Gasteiger partial charge in [0.1, 0.15) is 0 Å². The van der Waals surface area contributed by atoms with Crippen LogP contribution in [0, 0.1) is 11.3 Å². The van der Waals surface area contributed by atoms with E-state index < -0.39 is 0 Å². The molecule has 2 rings (SSSR count). The summed E-state index contributed by atoms with van der Waals surface area (Å²) >= 11 is 0. The van der Waals surface area contributed by atoms with Crippen LogP contribution in [0.2, 0.25) is 0 Å². The first-order valence-electron chi connectivity index (χ1n) is 6.45. The molecule has 1 aromatic heterocycles. The molecule has 1 aromatic carbocycles. The van der Waals surface area contributed by atoms with Gasteiger partial charge in [0.05, 0.1) is 11.8 Å². The number of nitrogens with one attached hydrogen (secondary N) is 2. The highest BCUT2D eigenvalue weighted by Gasteiger charge is 2.13. The normalized spacial score (nSPS) is 9.90. The predicted octanol–water partition coefficient (Wildman–Crippen LogP) is 1.85. The number of nitriles is 1. The monoisotopic (exact) mass is 282 g/mol. The fraction of sp³-hybridized carbons (Fsp3) is 0.200. The van der Waals surface area contributed by atoms with Gasteiger partial charge in [-0.25, -0.2) is 4.98 Å². The summed E-state index contributed by atoms with van der Waals surface area (Å²) in [5, 5.41) is 11.2. The predicted molar refractivity (Wildman–Crippen MR) is 78.5 cm³/mol. The highest BCUT2D eigenvalue weighted by molar-refractivity contribution is 5.87. The summed E-state index contributed by atoms with van der Waals surface area (Å²) in [6.45, 7) is 1.34. The van der Waals surface area contributed by atoms with Crippen molar-refractivity contribution >= 4 is 11.9 Å². The number of hydrogen-bond acceptors (Lipinski definition) is 4. The summed E-state index contributed by atoms with van der Waals surface area (Å²) in [7, 11) is 0. The lowest BCUT2D eigenvalue weighted by atomic mass is 10.0. The number of amides is 1. The second-order valence-corrected chi connectivity index (χ2v) is 4.45. The van der Waals surface area contributed by atoms with Gasteiger partial charge in [-0.2, -0.15) is 5.26 Å². The van der Waals surface area contributed by atoms with Crippen LogP contribution < -0.4 is 10.9 Å². The molecular weight excluding hydrogens is 268 g/mol. The number of rotatable bonds is 4. The molecule has 21 heavy (non-hydrogen) atoms. The van der Waals surface area contributed by atoms with Crippen LogP contribution in [-0.4, -0.2) is 15.9 Å². The van der Waals surface area contributed by atoms with Gasteiger partial charge in [-0.05, 0) is 6.42 Å². The van der Waals surface area contributed by atoms with Gasteiger partial charge in [-0.3, -0.25) is 19.9 Å². The zero-order valence-corrected chi connectivity index (χ0v) is 11.5. The van der Waals surface area contributed by atoms with Gasteiger partial charge in [0.15, 0.2) is 0 Å². The Morgan fingerprint density at radius 1 is 1.38 bits per heavy atom. The van der Waals surface area contributed by atoms with Crippen LogP contribution in [0.15, 0.2) is 35.1 Å². The van der Waals surface area contributed by atoms with E-state index in [1.165, 1.54) is 6.92 Å². The molecule has 1 heterocycles. The van der Waals surface area contributed by atoms with E-state index in [-0.39, 0.29) is 23.8 Å². The van der Waals surface area contributed by atoms with Crippen LogP contribution in [0.25, 0.3) is 11.3 Å². The summed E-state index contributed by atoms with van der Waals surface area (Å²) in [5.41, 5.74) is 1.35. The van der Waals surface area contributed by atoms with Crippen molar-refractivity contribution in [2.75, 3.05) is 5.32 Å². The van der Waals surface area contributed by atoms with Gasteiger partial charge in [0.2, 0.25) is 11.9 Å². The maximum Gasteiger partial charge on any atom is 0.256 e. The Kier molecular flexibility index (Phi) is 4.46. The lowest BCUT2D eigenvalue weighted by Crippen LogP contribution is -2.20. The Labute approximate surface area is 121 Å². The highest BCUT2D eigenvalue weighted by Crippen LogP contribution is 2.20. The Bertz CT molecular complexity index is 745. The molecule has 0 aliphatic rings. The quantitative estimate of drug-likeness (QED) is 0.894. The van der Waals surface area contributed by atoms with E-state index in [0.717, 1.165) is 5.56 Å². The summed E-state index contributed by atoms with van der Waals surface area (Å²) < 4.78 is 0. The van der Waals surface area contributed by atoms with Crippen molar-refractivity contribution in [3.05, 3.63) is 46.2 Å². The van der Waals surface area contributed by atoms with E-state index in [1.807, 2.05) is 36.4 Å². The maximum absolute atomic E-state index is 12.2. The fourth-order valence-electron chi connectivity index (χ4n) is 1.97. The molecule has 6 heteroatoms. The van der Waals surface area contributed by atoms with E-state index >= 15 is 0 Å². The van der Waals surface area contributed by atoms with Crippen LogP contribution in [-0.2, 0) is 11.2 Å². The lowest BCUT2D eigenvalue weighted by Gasteiger charge is -2.09. The topological polar surface area (TPSA) is 98.6 Å². The molecule has 0 saturated heterocycles. The standard InChI is InChI=1S/C15H14N4O2/c1-10(20)17-15-18-13(11-6-3-2-4-7-11)12(8-5-9-16)14(21)19-15/h2-4,6-7H,5,8H2,1H3,(H2,17,18,19,20,21). The molecule has 0 unspecified atom stereocenters. The summed E-state index contributed by atoms with van der Waals surface area (Å²) in [6.07, 6.45) is 0.535. The number of nitrogens with zero attached hydrogens (tertiary/aromatic N) is 2. The van der Waals surface area contributed by atoms with Crippen molar-refractivity contribution in [3.8, 4) is 17.3 Å². The molecule has 2 N–H and O–H groups in total. The maximum atomic E-state index is 12.2. The van der Waals surface area contributed by atoms with Gasteiger partial charge < -0.3 is 0 Å². The molecule has 106 valence electrons. The minimum Gasteiger partial charge on any atom is -0.296 e. The van der Waals surface area contributed by atoms with Crippen LogP contribution in [0.4, 0.5) is 5.95 Å². The van der Waals surface area contributed by atoms with Crippen LogP contribution in [0.1, 0.15) is 18.9 Å². The zero-order chi connectivity index (χ0) is 15.2. The first-order chi connectivity index (χ1) is 10.1. The molecule has 0 saturated carbocycles. The fourth-order valence-corrected chi connectivity index (χ4v) is 1.97. The van der Waals surface area contributed by atoms with Crippen LogP contribution >= 0.6 is 0 Å². The first-order valence-corrected chi connectivity index (χ1v) is 6.45. The molecule has 0 fully saturated rings. The van der Waals surface area contributed by atoms with E-state index in [0.29, 0.717) is 17.7 Å². The van der Waals surface area contributed by atoms with E-state index in [9.17, 15) is 9.59 Å². The van der Waals surface area contributed by atoms with Crippen molar-refractivity contribution in [1.29, 1.82) is 5.26 Å². The average molecular weight is 282 g/mol. The Balaban J connectivity index is 2.57. The zero-order valence-electron chi connectivity index (χ0n) is 11.5. The van der Waals surface area contributed by atoms with Gasteiger partial charge in [-0.1, -0.05) is 30.3 Å². The number of H-pyrrole nitrogens is 1. The largest absolute Gasteiger partial charge is 0.296 e. The first kappa shape index (κ1) is 14.5. The van der Waals surface area contributed by atoms with Gasteiger partial charge >= 0.3 is 0 Å². The number of hydrogen-bond donors (Lipinski definition) is 2. The number of aromatic amines is 1. The van der Waals surface area contributed by atoms with Crippen molar-refractivity contribution in [3.63, 3.8) is 0 Å². The second kappa shape index (κ2) is 6.48. The summed E-state index contributed by atoms with van der Waals surface area (Å²) in [6, 6.07) is 11.2.